The molecule has 1 amide bonds. The van der Waals surface area contributed by atoms with E-state index in [1.807, 2.05) is 0 Å². The van der Waals surface area contributed by atoms with Crippen LogP contribution in [0.5, 0.6) is 0 Å². The summed E-state index contributed by atoms with van der Waals surface area (Å²) in [5.74, 6) is -1.07. The first-order valence-corrected chi connectivity index (χ1v) is 12.4. The second-order valence-corrected chi connectivity index (χ2v) is 11.0. The number of pyridine rings is 1. The number of amides is 1. The van der Waals surface area contributed by atoms with Crippen LogP contribution in [0.2, 0.25) is 0 Å². The molecule has 1 spiro atoms. The van der Waals surface area contributed by atoms with Crippen molar-refractivity contribution < 1.29 is 22.4 Å². The van der Waals surface area contributed by atoms with Gasteiger partial charge in [-0.1, -0.05) is 12.1 Å². The van der Waals surface area contributed by atoms with Crippen molar-refractivity contribution in [2.75, 3.05) is 25.5 Å². The zero-order chi connectivity index (χ0) is 25.6. The minimum absolute atomic E-state index is 0.0675. The summed E-state index contributed by atoms with van der Waals surface area (Å²) in [5.41, 5.74) is -0.958. The Hall–Kier alpha value is -2.88. The smallest absolute Gasteiger partial charge is 0.381 e. The number of likely N-dealkylation sites (tertiary alicyclic amines) is 1. The van der Waals surface area contributed by atoms with Gasteiger partial charge in [-0.3, -0.25) is 9.59 Å². The van der Waals surface area contributed by atoms with Gasteiger partial charge in [0.15, 0.2) is 0 Å². The largest absolute Gasteiger partial charge is 0.419 e. The lowest BCUT2D eigenvalue weighted by atomic mass is 10.0. The van der Waals surface area contributed by atoms with E-state index in [1.165, 1.54) is 19.1 Å². The Morgan fingerprint density at radius 3 is 2.50 bits per heavy atom. The van der Waals surface area contributed by atoms with Crippen molar-refractivity contribution in [3.05, 3.63) is 63.3 Å². The number of nitrogens with one attached hydrogen (secondary N) is 2. The van der Waals surface area contributed by atoms with Gasteiger partial charge in [0, 0.05) is 43.0 Å². The third kappa shape index (κ3) is 3.90. The lowest BCUT2D eigenvalue weighted by Crippen LogP contribution is -2.32. The number of aromatic nitrogens is 1. The van der Waals surface area contributed by atoms with Gasteiger partial charge >= 0.3 is 6.18 Å². The number of hydrogen-bond acceptors (Lipinski definition) is 4. The van der Waals surface area contributed by atoms with Crippen molar-refractivity contribution in [3.63, 3.8) is 0 Å². The van der Waals surface area contributed by atoms with Crippen LogP contribution >= 0.6 is 0 Å². The van der Waals surface area contributed by atoms with Gasteiger partial charge in [0.05, 0.1) is 22.9 Å². The van der Waals surface area contributed by atoms with Gasteiger partial charge in [-0.2, -0.15) is 13.2 Å². The first-order chi connectivity index (χ1) is 17.0. The second kappa shape index (κ2) is 7.81. The van der Waals surface area contributed by atoms with Crippen LogP contribution in [0.3, 0.4) is 0 Å². The number of rotatable bonds is 6. The van der Waals surface area contributed by atoms with Crippen LogP contribution in [-0.2, 0) is 6.18 Å². The Labute approximate surface area is 205 Å². The van der Waals surface area contributed by atoms with Gasteiger partial charge in [-0.25, -0.2) is 4.39 Å². The zero-order valence-electron chi connectivity index (χ0n) is 20.0. The first-order valence-electron chi connectivity index (χ1n) is 12.4. The molecule has 1 aliphatic heterocycles. The Morgan fingerprint density at radius 1 is 1.19 bits per heavy atom. The van der Waals surface area contributed by atoms with Crippen molar-refractivity contribution in [3.8, 4) is 0 Å². The molecule has 0 unspecified atom stereocenters. The summed E-state index contributed by atoms with van der Waals surface area (Å²) in [6.07, 6.45) is -0.230. The van der Waals surface area contributed by atoms with Crippen LogP contribution in [0, 0.1) is 23.1 Å². The van der Waals surface area contributed by atoms with E-state index in [2.05, 4.69) is 22.6 Å². The summed E-state index contributed by atoms with van der Waals surface area (Å²) in [6, 6.07) is 3.71. The van der Waals surface area contributed by atoms with E-state index in [9.17, 15) is 27.2 Å². The third-order valence-electron chi connectivity index (χ3n) is 8.55. The molecule has 6 nitrogen and oxygen atoms in total. The number of halogens is 4. The fraction of sp³-hybridized carbons (Fsp3) is 0.538. The molecule has 2 aromatic rings. The maximum Gasteiger partial charge on any atom is 0.419 e. The number of alkyl halides is 3. The monoisotopic (exact) mass is 504 g/mol. The van der Waals surface area contributed by atoms with Crippen molar-refractivity contribution in [1.82, 2.24) is 14.8 Å². The molecule has 3 aliphatic carbocycles. The first kappa shape index (κ1) is 23.5. The van der Waals surface area contributed by atoms with E-state index in [4.69, 9.17) is 0 Å². The third-order valence-corrected chi connectivity index (χ3v) is 8.55. The number of hydrogen-bond donors (Lipinski definition) is 2. The molecule has 2 heterocycles. The Morgan fingerprint density at radius 2 is 1.89 bits per heavy atom. The molecule has 1 aromatic heterocycles. The average Bonchev–Trinajstić information content (AvgIpc) is 3.76. The van der Waals surface area contributed by atoms with E-state index in [0.717, 1.165) is 38.4 Å². The van der Waals surface area contributed by atoms with Crippen LogP contribution < -0.4 is 16.2 Å². The predicted octanol–water partition coefficient (Wildman–Crippen LogP) is 4.19. The fourth-order valence-corrected chi connectivity index (χ4v) is 6.10. The molecule has 3 saturated carbocycles. The number of fused-ring (bicyclic) bond motifs is 1. The van der Waals surface area contributed by atoms with Gasteiger partial charge in [0.2, 0.25) is 0 Å². The Balaban J connectivity index is 1.28. The lowest BCUT2D eigenvalue weighted by molar-refractivity contribution is -0.140. The van der Waals surface area contributed by atoms with Crippen LogP contribution in [-0.4, -0.2) is 41.6 Å². The second-order valence-electron chi connectivity index (χ2n) is 11.0. The molecule has 1 aromatic carbocycles. The maximum atomic E-state index is 14.7. The summed E-state index contributed by atoms with van der Waals surface area (Å²) >= 11 is 0. The molecule has 5 atom stereocenters. The van der Waals surface area contributed by atoms with Gasteiger partial charge in [-0.05, 0) is 56.6 Å². The number of nitrogens with zero attached hydrogens (tertiary/aromatic N) is 2. The van der Waals surface area contributed by atoms with Crippen molar-refractivity contribution in [1.29, 1.82) is 0 Å². The highest BCUT2D eigenvalue weighted by molar-refractivity contribution is 5.99. The summed E-state index contributed by atoms with van der Waals surface area (Å²) < 4.78 is 55.8. The van der Waals surface area contributed by atoms with Crippen molar-refractivity contribution in [2.45, 2.75) is 50.5 Å². The number of carbonyl (C=O) groups excluding carboxylic acids is 1. The van der Waals surface area contributed by atoms with E-state index >= 15 is 0 Å². The Kier molecular flexibility index (Phi) is 5.10. The van der Waals surface area contributed by atoms with Crippen molar-refractivity contribution >= 4 is 11.6 Å². The predicted molar refractivity (Wildman–Crippen MR) is 125 cm³/mol. The summed E-state index contributed by atoms with van der Waals surface area (Å²) in [6.45, 7) is 3.33. The quantitative estimate of drug-likeness (QED) is 0.579. The van der Waals surface area contributed by atoms with Gasteiger partial charge < -0.3 is 20.1 Å². The van der Waals surface area contributed by atoms with Crippen LogP contribution in [0.1, 0.15) is 59.8 Å². The highest BCUT2D eigenvalue weighted by Crippen LogP contribution is 2.72. The standard InChI is InChI=1S/C26H28F4N4O2/c1-13(14-4-3-5-18(22(14)27)26(28,29)30)31-24(36)17-12-34(20-9-25(20)6-7-25)21(35)8-19(17)32-23-15-10-33(2)11-16(15)23/h3-5,8,12-13,15-16,20,23,32H,6-7,9-11H2,1-2H3,(H,31,36)/t13-,15-,16+,20+,23-/m1/s1. The minimum Gasteiger partial charge on any atom is -0.381 e. The summed E-state index contributed by atoms with van der Waals surface area (Å²) in [4.78, 5) is 28.6. The molecule has 192 valence electrons. The van der Waals surface area contributed by atoms with Gasteiger partial charge in [-0.15, -0.1) is 0 Å². The van der Waals surface area contributed by atoms with Crippen molar-refractivity contribution in [2.24, 2.45) is 17.3 Å². The molecule has 2 N–H and O–H groups in total. The van der Waals surface area contributed by atoms with Crippen LogP contribution in [0.15, 0.2) is 35.3 Å². The number of benzene rings is 1. The van der Waals surface area contributed by atoms with E-state index in [1.54, 1.807) is 10.8 Å². The number of anilines is 1. The SMILES string of the molecule is C[C@@H](NC(=O)c1cn([C@H]2CC23CC3)c(=O)cc1N[C@@H]1[C@@H]2CN(C)C[C@@H]21)c1cccc(C(F)(F)F)c1F. The minimum atomic E-state index is -4.84. The fourth-order valence-electron chi connectivity index (χ4n) is 6.10. The van der Waals surface area contributed by atoms with Crippen LogP contribution in [0.25, 0.3) is 0 Å². The van der Waals surface area contributed by atoms with Gasteiger partial charge in [0.25, 0.3) is 11.5 Å². The van der Waals surface area contributed by atoms with E-state index < -0.39 is 29.5 Å². The van der Waals surface area contributed by atoms with E-state index in [0.29, 0.717) is 23.6 Å². The molecule has 0 bridgehead atoms. The molecule has 1 saturated heterocycles. The summed E-state index contributed by atoms with van der Waals surface area (Å²) in [7, 11) is 2.06. The van der Waals surface area contributed by atoms with E-state index in [-0.39, 0.29) is 34.2 Å². The molecular weight excluding hydrogens is 476 g/mol. The van der Waals surface area contributed by atoms with Crippen LogP contribution in [0.4, 0.5) is 23.2 Å². The number of carbonyl (C=O) groups is 1. The maximum absolute atomic E-state index is 14.7. The molecule has 6 rings (SSSR count). The lowest BCUT2D eigenvalue weighted by Gasteiger charge is -2.21. The highest BCUT2D eigenvalue weighted by atomic mass is 19.4. The average molecular weight is 505 g/mol. The summed E-state index contributed by atoms with van der Waals surface area (Å²) in [5, 5.41) is 6.04. The zero-order valence-corrected chi connectivity index (χ0v) is 20.0. The topological polar surface area (TPSA) is 66.4 Å². The normalized spacial score (nSPS) is 28.5. The Bertz CT molecular complexity index is 1290. The molecule has 0 radical (unpaired) electrons. The highest BCUT2D eigenvalue weighted by Gasteiger charge is 2.64. The molecule has 10 heteroatoms. The number of piperidine rings is 1. The molecule has 4 aliphatic rings. The molecule has 4 fully saturated rings. The van der Waals surface area contributed by atoms with Gasteiger partial charge in [0.1, 0.15) is 5.82 Å². The molecule has 36 heavy (non-hydrogen) atoms. The molecular formula is C26H28F4N4O2.